The van der Waals surface area contributed by atoms with Crippen LogP contribution in [-0.2, 0) is 4.79 Å². The van der Waals surface area contributed by atoms with Crippen molar-refractivity contribution < 1.29 is 9.59 Å². The van der Waals surface area contributed by atoms with Crippen LogP contribution < -0.4 is 5.32 Å². The van der Waals surface area contributed by atoms with Crippen molar-refractivity contribution in [2.75, 3.05) is 13.1 Å². The van der Waals surface area contributed by atoms with Gasteiger partial charge >= 0.3 is 6.03 Å². The Bertz CT molecular complexity index is 340. The third-order valence-corrected chi connectivity index (χ3v) is 2.89. The summed E-state index contributed by atoms with van der Waals surface area (Å²) < 4.78 is 0. The Balaban J connectivity index is 1.99. The topological polar surface area (TPSA) is 65.0 Å². The van der Waals surface area contributed by atoms with Gasteiger partial charge in [0.1, 0.15) is 6.17 Å². The summed E-state index contributed by atoms with van der Waals surface area (Å²) in [5.74, 6) is -0.281. The Hall–Kier alpha value is -1.59. The molecule has 3 amide bonds. The molecule has 2 fully saturated rings. The number of aliphatic imine (C=N–C) groups is 1. The summed E-state index contributed by atoms with van der Waals surface area (Å²) >= 11 is 0. The van der Waals surface area contributed by atoms with Crippen LogP contribution in [0.1, 0.15) is 6.42 Å². The molecule has 3 aliphatic rings. The first-order chi connectivity index (χ1) is 6.77. The molecular weight excluding hydrogens is 184 g/mol. The predicted octanol–water partition coefficient (Wildman–Crippen LogP) is -1.02. The zero-order chi connectivity index (χ0) is 9.71. The van der Waals surface area contributed by atoms with Crippen LogP contribution in [0.2, 0.25) is 0 Å². The molecule has 0 aromatic carbocycles. The first-order valence-electron chi connectivity index (χ1n) is 4.68. The maximum Gasteiger partial charge on any atom is 0.325 e. The van der Waals surface area contributed by atoms with Gasteiger partial charge in [0.2, 0.25) is 0 Å². The lowest BCUT2D eigenvalue weighted by Gasteiger charge is -2.43. The average Bonchev–Trinajstić information content (AvgIpc) is 2.59. The molecule has 0 aromatic rings. The van der Waals surface area contributed by atoms with Crippen LogP contribution in [0.4, 0.5) is 4.79 Å². The van der Waals surface area contributed by atoms with Gasteiger partial charge in [-0.2, -0.15) is 0 Å². The number of urea groups is 1. The van der Waals surface area contributed by atoms with Crippen LogP contribution in [-0.4, -0.2) is 53.4 Å². The van der Waals surface area contributed by atoms with E-state index in [-0.39, 0.29) is 18.1 Å². The Labute approximate surface area is 80.6 Å². The first kappa shape index (κ1) is 7.78. The highest BCUT2D eigenvalue weighted by Gasteiger charge is 2.48. The summed E-state index contributed by atoms with van der Waals surface area (Å²) in [6, 6.07) is -0.709. The first-order valence-corrected chi connectivity index (χ1v) is 4.68. The van der Waals surface area contributed by atoms with E-state index in [9.17, 15) is 9.59 Å². The highest BCUT2D eigenvalue weighted by Crippen LogP contribution is 2.25. The van der Waals surface area contributed by atoms with Crippen molar-refractivity contribution >= 4 is 18.3 Å². The average molecular weight is 194 g/mol. The van der Waals surface area contributed by atoms with Gasteiger partial charge in [0.15, 0.2) is 6.04 Å². The van der Waals surface area contributed by atoms with Crippen molar-refractivity contribution in [2.24, 2.45) is 4.99 Å². The number of rotatable bonds is 0. The summed E-state index contributed by atoms with van der Waals surface area (Å²) in [4.78, 5) is 30.6. The summed E-state index contributed by atoms with van der Waals surface area (Å²) in [5.41, 5.74) is 0. The van der Waals surface area contributed by atoms with Crippen LogP contribution >= 0.6 is 0 Å². The van der Waals surface area contributed by atoms with Crippen LogP contribution in [0.3, 0.4) is 0 Å². The molecule has 0 radical (unpaired) electrons. The molecule has 0 spiro atoms. The molecule has 0 aliphatic carbocycles. The van der Waals surface area contributed by atoms with Crippen molar-refractivity contribution in [3.63, 3.8) is 0 Å². The fourth-order valence-corrected chi connectivity index (χ4v) is 2.26. The molecule has 2 saturated heterocycles. The van der Waals surface area contributed by atoms with E-state index in [1.807, 2.05) is 4.90 Å². The number of carbonyl (C=O) groups excluding carboxylic acids is 2. The standard InChI is InChI=1S/C8H10N4O2/c13-6-5-7-11(4-9-5)2-1-3-12(7)8(14)10-6/h4-5,7H,1-3H2,(H,10,13,14). The highest BCUT2D eigenvalue weighted by molar-refractivity contribution is 6.01. The van der Waals surface area contributed by atoms with Crippen LogP contribution in [0.5, 0.6) is 0 Å². The van der Waals surface area contributed by atoms with Gasteiger partial charge in [-0.25, -0.2) is 4.79 Å². The zero-order valence-electron chi connectivity index (χ0n) is 7.51. The van der Waals surface area contributed by atoms with Gasteiger partial charge in [0.25, 0.3) is 5.91 Å². The van der Waals surface area contributed by atoms with Crippen molar-refractivity contribution in [3.8, 4) is 0 Å². The summed E-state index contributed by atoms with van der Waals surface area (Å²) in [7, 11) is 0. The van der Waals surface area contributed by atoms with E-state index in [1.165, 1.54) is 0 Å². The van der Waals surface area contributed by atoms with Gasteiger partial charge in [0, 0.05) is 13.1 Å². The number of hydrogen-bond donors (Lipinski definition) is 1. The molecule has 3 aliphatic heterocycles. The van der Waals surface area contributed by atoms with E-state index in [4.69, 9.17) is 0 Å². The Morgan fingerprint density at radius 2 is 2.29 bits per heavy atom. The molecule has 74 valence electrons. The molecular formula is C8H10N4O2. The second-order valence-electron chi connectivity index (χ2n) is 3.70. The number of amides is 3. The van der Waals surface area contributed by atoms with E-state index >= 15 is 0 Å². The van der Waals surface area contributed by atoms with Crippen molar-refractivity contribution in [2.45, 2.75) is 18.6 Å². The Morgan fingerprint density at radius 3 is 3.14 bits per heavy atom. The highest BCUT2D eigenvalue weighted by atomic mass is 16.2. The third-order valence-electron chi connectivity index (χ3n) is 2.89. The molecule has 2 atom stereocenters. The second kappa shape index (κ2) is 2.46. The minimum absolute atomic E-state index is 0.162. The fourth-order valence-electron chi connectivity index (χ4n) is 2.26. The summed E-state index contributed by atoms with van der Waals surface area (Å²) in [6.07, 6.45) is 2.45. The van der Waals surface area contributed by atoms with Gasteiger partial charge in [-0.15, -0.1) is 0 Å². The smallest absolute Gasteiger partial charge is 0.325 e. The largest absolute Gasteiger partial charge is 0.340 e. The lowest BCUT2D eigenvalue weighted by molar-refractivity contribution is -0.126. The van der Waals surface area contributed by atoms with E-state index < -0.39 is 6.04 Å². The maximum atomic E-state index is 11.5. The minimum Gasteiger partial charge on any atom is -0.340 e. The van der Waals surface area contributed by atoms with E-state index in [0.717, 1.165) is 13.0 Å². The molecule has 3 rings (SSSR count). The lowest BCUT2D eigenvalue weighted by Crippen LogP contribution is -2.67. The number of nitrogens with one attached hydrogen (secondary N) is 1. The Kier molecular flexibility index (Phi) is 1.37. The molecule has 3 heterocycles. The molecule has 0 saturated carbocycles. The normalized spacial score (nSPS) is 34.6. The summed E-state index contributed by atoms with van der Waals surface area (Å²) in [5, 5.41) is 2.31. The van der Waals surface area contributed by atoms with Crippen LogP contribution in [0, 0.1) is 0 Å². The SMILES string of the molecule is O=C1NC(=O)N2CCCN3C=NC1C32. The van der Waals surface area contributed by atoms with Gasteiger partial charge < -0.3 is 9.80 Å². The summed E-state index contributed by atoms with van der Waals surface area (Å²) in [6.45, 7) is 1.59. The number of nitrogens with zero attached hydrogens (tertiary/aromatic N) is 3. The van der Waals surface area contributed by atoms with Crippen molar-refractivity contribution in [3.05, 3.63) is 0 Å². The van der Waals surface area contributed by atoms with Crippen molar-refractivity contribution in [1.29, 1.82) is 0 Å². The number of carbonyl (C=O) groups is 2. The Morgan fingerprint density at radius 1 is 1.43 bits per heavy atom. The maximum absolute atomic E-state index is 11.5. The monoisotopic (exact) mass is 194 g/mol. The molecule has 6 nitrogen and oxygen atoms in total. The van der Waals surface area contributed by atoms with Gasteiger partial charge in [0.05, 0.1) is 6.34 Å². The molecule has 2 unspecified atom stereocenters. The van der Waals surface area contributed by atoms with Crippen molar-refractivity contribution in [1.82, 2.24) is 15.1 Å². The molecule has 6 heteroatoms. The van der Waals surface area contributed by atoms with E-state index in [1.54, 1.807) is 11.2 Å². The van der Waals surface area contributed by atoms with Gasteiger partial charge in [-0.3, -0.25) is 15.1 Å². The number of imide groups is 1. The quantitative estimate of drug-likeness (QED) is 0.537. The predicted molar refractivity (Wildman–Crippen MR) is 47.6 cm³/mol. The number of hydrogen-bond acceptors (Lipinski definition) is 4. The van der Waals surface area contributed by atoms with Crippen LogP contribution in [0.25, 0.3) is 0 Å². The third kappa shape index (κ3) is 0.826. The second-order valence-corrected chi connectivity index (χ2v) is 3.70. The van der Waals surface area contributed by atoms with Gasteiger partial charge in [-0.05, 0) is 6.42 Å². The fraction of sp³-hybridized carbons (Fsp3) is 0.625. The molecule has 0 aromatic heterocycles. The minimum atomic E-state index is -0.423. The molecule has 14 heavy (non-hydrogen) atoms. The van der Waals surface area contributed by atoms with Gasteiger partial charge in [-0.1, -0.05) is 0 Å². The van der Waals surface area contributed by atoms with Crippen LogP contribution in [0.15, 0.2) is 4.99 Å². The zero-order valence-corrected chi connectivity index (χ0v) is 7.51. The molecule has 0 bridgehead atoms. The van der Waals surface area contributed by atoms with E-state index in [2.05, 4.69) is 10.3 Å². The lowest BCUT2D eigenvalue weighted by atomic mass is 10.1. The van der Waals surface area contributed by atoms with E-state index in [0.29, 0.717) is 6.54 Å². The molecule has 1 N–H and O–H groups in total.